The van der Waals surface area contributed by atoms with Crippen molar-refractivity contribution in [1.82, 2.24) is 0 Å². The van der Waals surface area contributed by atoms with Gasteiger partial charge in [0, 0.05) is 15.7 Å². The predicted octanol–water partition coefficient (Wildman–Crippen LogP) is 3.57. The molecule has 0 aliphatic heterocycles. The molecule has 104 valence electrons. The van der Waals surface area contributed by atoms with E-state index in [4.69, 9.17) is 5.73 Å². The van der Waals surface area contributed by atoms with Crippen LogP contribution < -0.4 is 11.1 Å². The first kappa shape index (κ1) is 14.6. The Morgan fingerprint density at radius 3 is 2.35 bits per heavy atom. The highest BCUT2D eigenvalue weighted by molar-refractivity contribution is 9.10. The normalized spacial score (nSPS) is 13.6. The second kappa shape index (κ2) is 5.67. The average molecular weight is 333 g/mol. The predicted molar refractivity (Wildman–Crippen MR) is 85.5 cm³/mol. The molecule has 1 unspecified atom stereocenters. The smallest absolute Gasteiger partial charge is 0.247 e. The minimum Gasteiger partial charge on any atom is -0.368 e. The molecule has 0 aliphatic rings. The Labute approximate surface area is 127 Å². The van der Waals surface area contributed by atoms with Crippen molar-refractivity contribution in [2.24, 2.45) is 5.73 Å². The molecule has 0 saturated carbocycles. The first-order chi connectivity index (χ1) is 9.45. The zero-order valence-corrected chi connectivity index (χ0v) is 13.1. The minimum absolute atomic E-state index is 0.423. The number of carbonyl (C=O) groups excluding carboxylic acids is 1. The minimum atomic E-state index is -0.980. The van der Waals surface area contributed by atoms with Crippen LogP contribution in [-0.4, -0.2) is 5.91 Å². The Kier molecular flexibility index (Phi) is 4.14. The fourth-order valence-corrected chi connectivity index (χ4v) is 2.79. The molecule has 20 heavy (non-hydrogen) atoms. The van der Waals surface area contributed by atoms with Gasteiger partial charge in [-0.2, -0.15) is 0 Å². The van der Waals surface area contributed by atoms with Crippen LogP contribution in [0.1, 0.15) is 18.1 Å². The Bertz CT molecular complexity index is 642. The number of amides is 1. The highest BCUT2D eigenvalue weighted by Crippen LogP contribution is 2.32. The van der Waals surface area contributed by atoms with Gasteiger partial charge in [-0.15, -0.1) is 0 Å². The Morgan fingerprint density at radius 2 is 1.75 bits per heavy atom. The maximum absolute atomic E-state index is 12.0. The first-order valence-corrected chi connectivity index (χ1v) is 7.13. The molecule has 0 aliphatic carbocycles. The third-order valence-corrected chi connectivity index (χ3v) is 4.13. The summed E-state index contributed by atoms with van der Waals surface area (Å²) in [6.07, 6.45) is 0. The third-order valence-electron chi connectivity index (χ3n) is 3.44. The van der Waals surface area contributed by atoms with E-state index >= 15 is 0 Å². The lowest BCUT2D eigenvalue weighted by Gasteiger charge is -2.30. The zero-order chi connectivity index (χ0) is 14.8. The second-order valence-corrected chi connectivity index (χ2v) is 5.76. The number of nitrogens with one attached hydrogen (secondary N) is 1. The molecule has 0 aromatic heterocycles. The van der Waals surface area contributed by atoms with E-state index in [1.165, 1.54) is 0 Å². The van der Waals surface area contributed by atoms with E-state index in [-0.39, 0.29) is 0 Å². The monoisotopic (exact) mass is 332 g/mol. The number of hydrogen-bond acceptors (Lipinski definition) is 2. The van der Waals surface area contributed by atoms with Crippen LogP contribution in [0, 0.1) is 6.92 Å². The quantitative estimate of drug-likeness (QED) is 0.899. The van der Waals surface area contributed by atoms with Gasteiger partial charge < -0.3 is 11.1 Å². The molecule has 3 N–H and O–H groups in total. The first-order valence-electron chi connectivity index (χ1n) is 6.34. The van der Waals surface area contributed by atoms with Gasteiger partial charge in [0.1, 0.15) is 5.54 Å². The van der Waals surface area contributed by atoms with Crippen LogP contribution >= 0.6 is 15.9 Å². The van der Waals surface area contributed by atoms with Crippen molar-refractivity contribution >= 4 is 27.5 Å². The number of rotatable bonds is 4. The number of aryl methyl sites for hydroxylation is 1. The van der Waals surface area contributed by atoms with Crippen molar-refractivity contribution in [1.29, 1.82) is 0 Å². The van der Waals surface area contributed by atoms with Crippen LogP contribution in [0.3, 0.4) is 0 Å². The maximum Gasteiger partial charge on any atom is 0.247 e. The van der Waals surface area contributed by atoms with Crippen LogP contribution in [0.5, 0.6) is 0 Å². The summed E-state index contributed by atoms with van der Waals surface area (Å²) in [5.74, 6) is -0.423. The molecular weight excluding hydrogens is 316 g/mol. The van der Waals surface area contributed by atoms with Crippen molar-refractivity contribution in [2.75, 3.05) is 5.32 Å². The van der Waals surface area contributed by atoms with E-state index in [2.05, 4.69) is 21.2 Å². The largest absolute Gasteiger partial charge is 0.368 e. The van der Waals surface area contributed by atoms with E-state index in [1.54, 1.807) is 6.92 Å². The molecule has 0 saturated heterocycles. The maximum atomic E-state index is 12.0. The Morgan fingerprint density at radius 1 is 1.15 bits per heavy atom. The topological polar surface area (TPSA) is 55.1 Å². The second-order valence-electron chi connectivity index (χ2n) is 4.91. The van der Waals surface area contributed by atoms with Gasteiger partial charge >= 0.3 is 0 Å². The number of anilines is 1. The summed E-state index contributed by atoms with van der Waals surface area (Å²) >= 11 is 3.48. The van der Waals surface area contributed by atoms with Crippen LogP contribution in [0.25, 0.3) is 0 Å². The highest BCUT2D eigenvalue weighted by Gasteiger charge is 2.35. The molecule has 2 aromatic rings. The van der Waals surface area contributed by atoms with Gasteiger partial charge in [0.2, 0.25) is 5.91 Å². The van der Waals surface area contributed by atoms with Crippen LogP contribution in [0.15, 0.2) is 53.0 Å². The van der Waals surface area contributed by atoms with Crippen LogP contribution in [-0.2, 0) is 10.3 Å². The van der Waals surface area contributed by atoms with Crippen molar-refractivity contribution in [3.05, 3.63) is 64.1 Å². The molecule has 2 aromatic carbocycles. The van der Waals surface area contributed by atoms with E-state index < -0.39 is 11.4 Å². The molecule has 0 fully saturated rings. The Hall–Kier alpha value is -1.81. The molecule has 3 nitrogen and oxygen atoms in total. The van der Waals surface area contributed by atoms with Crippen molar-refractivity contribution in [2.45, 2.75) is 19.4 Å². The number of para-hydroxylation sites is 1. The van der Waals surface area contributed by atoms with Crippen LogP contribution in [0.4, 0.5) is 5.69 Å². The van der Waals surface area contributed by atoms with Crippen molar-refractivity contribution < 1.29 is 4.79 Å². The standard InChI is InChI=1S/C16H17BrN2O/c1-11-7-3-6-10-14(11)19-16(2,15(18)20)12-8-4-5-9-13(12)17/h3-10,19H,1-2H3,(H2,18,20). The van der Waals surface area contributed by atoms with Crippen molar-refractivity contribution in [3.63, 3.8) is 0 Å². The molecule has 1 amide bonds. The molecule has 0 bridgehead atoms. The summed E-state index contributed by atoms with van der Waals surface area (Å²) in [5, 5.41) is 3.28. The molecule has 2 rings (SSSR count). The van der Waals surface area contributed by atoms with Gasteiger partial charge in [-0.3, -0.25) is 4.79 Å². The van der Waals surface area contributed by atoms with Gasteiger partial charge in [0.05, 0.1) is 0 Å². The summed E-state index contributed by atoms with van der Waals surface area (Å²) < 4.78 is 0.849. The number of primary amides is 1. The number of hydrogen-bond donors (Lipinski definition) is 2. The van der Waals surface area contributed by atoms with E-state index in [9.17, 15) is 4.79 Å². The summed E-state index contributed by atoms with van der Waals surface area (Å²) in [4.78, 5) is 12.0. The molecule has 0 radical (unpaired) electrons. The lowest BCUT2D eigenvalue weighted by atomic mass is 9.90. The zero-order valence-electron chi connectivity index (χ0n) is 11.5. The Balaban J connectivity index is 2.49. The number of halogens is 1. The summed E-state index contributed by atoms with van der Waals surface area (Å²) in [7, 11) is 0. The van der Waals surface area contributed by atoms with Gasteiger partial charge in [-0.05, 0) is 31.5 Å². The van der Waals surface area contributed by atoms with E-state index in [1.807, 2.05) is 55.5 Å². The van der Waals surface area contributed by atoms with E-state index in [0.717, 1.165) is 21.3 Å². The SMILES string of the molecule is Cc1ccccc1NC(C)(C(N)=O)c1ccccc1Br. The van der Waals surface area contributed by atoms with Gasteiger partial charge in [0.15, 0.2) is 0 Å². The number of benzene rings is 2. The highest BCUT2D eigenvalue weighted by atomic mass is 79.9. The third kappa shape index (κ3) is 2.70. The lowest BCUT2D eigenvalue weighted by molar-refractivity contribution is -0.122. The summed E-state index contributed by atoms with van der Waals surface area (Å²) in [6.45, 7) is 3.78. The number of nitrogens with two attached hydrogens (primary N) is 1. The van der Waals surface area contributed by atoms with Crippen molar-refractivity contribution in [3.8, 4) is 0 Å². The lowest BCUT2D eigenvalue weighted by Crippen LogP contribution is -2.45. The molecular formula is C16H17BrN2O. The fourth-order valence-electron chi connectivity index (χ4n) is 2.11. The van der Waals surface area contributed by atoms with Gasteiger partial charge in [0.25, 0.3) is 0 Å². The summed E-state index contributed by atoms with van der Waals surface area (Å²) in [5.41, 5.74) is 7.44. The van der Waals surface area contributed by atoms with Gasteiger partial charge in [-0.25, -0.2) is 0 Å². The number of carbonyl (C=O) groups is 1. The molecule has 1 atom stereocenters. The molecule has 0 heterocycles. The average Bonchev–Trinajstić information content (AvgIpc) is 2.41. The van der Waals surface area contributed by atoms with Gasteiger partial charge in [-0.1, -0.05) is 52.3 Å². The molecule has 4 heteroatoms. The molecule has 0 spiro atoms. The fraction of sp³-hybridized carbons (Fsp3) is 0.188. The van der Waals surface area contributed by atoms with Crippen LogP contribution in [0.2, 0.25) is 0 Å². The summed E-state index contributed by atoms with van der Waals surface area (Å²) in [6, 6.07) is 15.4. The van der Waals surface area contributed by atoms with E-state index in [0.29, 0.717) is 0 Å².